The number of nitrogens with one attached hydrogen (secondary N) is 1. The van der Waals surface area contributed by atoms with Crippen LogP contribution in [0.5, 0.6) is 0 Å². The second-order valence-corrected chi connectivity index (χ2v) is 4.60. The summed E-state index contributed by atoms with van der Waals surface area (Å²) in [5.74, 6) is 0. The van der Waals surface area contributed by atoms with Gasteiger partial charge in [0.05, 0.1) is 17.8 Å². The van der Waals surface area contributed by atoms with Gasteiger partial charge in [0.2, 0.25) is 0 Å². The van der Waals surface area contributed by atoms with Gasteiger partial charge in [-0.25, -0.2) is 0 Å². The average Bonchev–Trinajstić information content (AvgIpc) is 2.01. The predicted octanol–water partition coefficient (Wildman–Crippen LogP) is 1.60. The largest absolute Gasteiger partial charge is 0.380 e. The standard InChI is InChI=1S/C10H21NO2.ClH/c1-10(2,3)13-9-5-8(12-4)6-11-7-9;/h8-9,11H,5-7H2,1-4H3;1H/t8-,9-;/m1./s1. The van der Waals surface area contributed by atoms with Crippen LogP contribution in [0, 0.1) is 0 Å². The van der Waals surface area contributed by atoms with Crippen LogP contribution >= 0.6 is 12.4 Å². The minimum atomic E-state index is -0.0536. The van der Waals surface area contributed by atoms with Crippen molar-refractivity contribution < 1.29 is 9.47 Å². The molecule has 4 heteroatoms. The van der Waals surface area contributed by atoms with Crippen molar-refractivity contribution in [3.63, 3.8) is 0 Å². The maximum atomic E-state index is 5.87. The summed E-state index contributed by atoms with van der Waals surface area (Å²) in [7, 11) is 1.76. The molecular formula is C10H22ClNO2. The quantitative estimate of drug-likeness (QED) is 0.772. The monoisotopic (exact) mass is 223 g/mol. The van der Waals surface area contributed by atoms with E-state index >= 15 is 0 Å². The third kappa shape index (κ3) is 5.15. The molecule has 1 N–H and O–H groups in total. The highest BCUT2D eigenvalue weighted by atomic mass is 35.5. The lowest BCUT2D eigenvalue weighted by molar-refractivity contribution is -0.0901. The normalized spacial score (nSPS) is 28.3. The van der Waals surface area contributed by atoms with Gasteiger partial charge in [-0.05, 0) is 20.8 Å². The zero-order valence-electron chi connectivity index (χ0n) is 9.50. The fourth-order valence-electron chi connectivity index (χ4n) is 1.63. The van der Waals surface area contributed by atoms with E-state index in [1.807, 2.05) is 0 Å². The van der Waals surface area contributed by atoms with Crippen molar-refractivity contribution in [3.8, 4) is 0 Å². The van der Waals surface area contributed by atoms with Crippen LogP contribution in [0.1, 0.15) is 27.2 Å². The van der Waals surface area contributed by atoms with Gasteiger partial charge in [-0.3, -0.25) is 0 Å². The molecule has 1 saturated heterocycles. The van der Waals surface area contributed by atoms with E-state index in [2.05, 4.69) is 26.1 Å². The summed E-state index contributed by atoms with van der Waals surface area (Å²) in [5.41, 5.74) is -0.0536. The van der Waals surface area contributed by atoms with Crippen LogP contribution in [0.15, 0.2) is 0 Å². The molecule has 0 unspecified atom stereocenters. The van der Waals surface area contributed by atoms with Gasteiger partial charge < -0.3 is 14.8 Å². The molecular weight excluding hydrogens is 202 g/mol. The number of rotatable bonds is 2. The van der Waals surface area contributed by atoms with Gasteiger partial charge >= 0.3 is 0 Å². The summed E-state index contributed by atoms with van der Waals surface area (Å²) < 4.78 is 11.2. The Hall–Kier alpha value is 0.170. The van der Waals surface area contributed by atoms with E-state index in [1.165, 1.54) is 0 Å². The number of halogens is 1. The fourth-order valence-corrected chi connectivity index (χ4v) is 1.63. The van der Waals surface area contributed by atoms with E-state index in [0.29, 0.717) is 12.2 Å². The summed E-state index contributed by atoms with van der Waals surface area (Å²) in [4.78, 5) is 0. The summed E-state index contributed by atoms with van der Waals surface area (Å²) in [5, 5.41) is 3.31. The molecule has 14 heavy (non-hydrogen) atoms. The van der Waals surface area contributed by atoms with Crippen LogP contribution < -0.4 is 5.32 Å². The number of methoxy groups -OCH3 is 1. The van der Waals surface area contributed by atoms with Crippen LogP contribution in [-0.2, 0) is 9.47 Å². The Morgan fingerprint density at radius 3 is 2.21 bits per heavy atom. The van der Waals surface area contributed by atoms with Crippen molar-refractivity contribution >= 4 is 12.4 Å². The molecule has 0 bridgehead atoms. The molecule has 1 heterocycles. The van der Waals surface area contributed by atoms with Gasteiger partial charge in [-0.1, -0.05) is 0 Å². The molecule has 0 aromatic heterocycles. The summed E-state index contributed by atoms with van der Waals surface area (Å²) in [6.45, 7) is 8.15. The molecule has 0 aromatic rings. The maximum absolute atomic E-state index is 5.87. The molecule has 0 amide bonds. The van der Waals surface area contributed by atoms with Crippen LogP contribution in [0.3, 0.4) is 0 Å². The van der Waals surface area contributed by atoms with Gasteiger partial charge in [-0.2, -0.15) is 0 Å². The lowest BCUT2D eigenvalue weighted by Gasteiger charge is -2.33. The number of piperidine rings is 1. The van der Waals surface area contributed by atoms with E-state index in [-0.39, 0.29) is 18.0 Å². The summed E-state index contributed by atoms with van der Waals surface area (Å²) in [6, 6.07) is 0. The van der Waals surface area contributed by atoms with E-state index in [9.17, 15) is 0 Å². The highest BCUT2D eigenvalue weighted by Crippen LogP contribution is 2.17. The minimum Gasteiger partial charge on any atom is -0.380 e. The summed E-state index contributed by atoms with van der Waals surface area (Å²) in [6.07, 6.45) is 1.60. The van der Waals surface area contributed by atoms with Crippen molar-refractivity contribution in [2.75, 3.05) is 20.2 Å². The van der Waals surface area contributed by atoms with Gasteiger partial charge in [0.1, 0.15) is 0 Å². The van der Waals surface area contributed by atoms with Crippen LogP contribution in [-0.4, -0.2) is 38.0 Å². The van der Waals surface area contributed by atoms with Gasteiger partial charge in [-0.15, -0.1) is 12.4 Å². The zero-order chi connectivity index (χ0) is 9.90. The van der Waals surface area contributed by atoms with E-state index in [4.69, 9.17) is 9.47 Å². The van der Waals surface area contributed by atoms with Gasteiger partial charge in [0.15, 0.2) is 0 Å². The molecule has 3 nitrogen and oxygen atoms in total. The Bertz CT molecular complexity index is 159. The Morgan fingerprint density at radius 2 is 1.71 bits per heavy atom. The van der Waals surface area contributed by atoms with Crippen LogP contribution in [0.4, 0.5) is 0 Å². The molecule has 1 aliphatic heterocycles. The van der Waals surface area contributed by atoms with E-state index in [0.717, 1.165) is 19.5 Å². The van der Waals surface area contributed by atoms with Crippen LogP contribution in [0.2, 0.25) is 0 Å². The molecule has 0 saturated carbocycles. The lowest BCUT2D eigenvalue weighted by atomic mass is 10.1. The first-order valence-corrected chi connectivity index (χ1v) is 4.92. The first-order valence-electron chi connectivity index (χ1n) is 4.92. The molecule has 0 radical (unpaired) electrons. The lowest BCUT2D eigenvalue weighted by Crippen LogP contribution is -2.46. The van der Waals surface area contributed by atoms with Crippen molar-refractivity contribution in [2.45, 2.75) is 45.0 Å². The molecule has 1 aliphatic rings. The van der Waals surface area contributed by atoms with E-state index in [1.54, 1.807) is 7.11 Å². The van der Waals surface area contributed by atoms with Crippen molar-refractivity contribution in [2.24, 2.45) is 0 Å². The highest BCUT2D eigenvalue weighted by molar-refractivity contribution is 5.85. The second-order valence-electron chi connectivity index (χ2n) is 4.60. The number of ether oxygens (including phenoxy) is 2. The molecule has 0 spiro atoms. The Balaban J connectivity index is 0.00000169. The molecule has 2 atom stereocenters. The third-order valence-electron chi connectivity index (χ3n) is 2.12. The topological polar surface area (TPSA) is 30.5 Å². The Kier molecular flexibility index (Phi) is 5.98. The maximum Gasteiger partial charge on any atom is 0.0731 e. The molecule has 86 valence electrons. The average molecular weight is 224 g/mol. The highest BCUT2D eigenvalue weighted by Gasteiger charge is 2.25. The third-order valence-corrected chi connectivity index (χ3v) is 2.12. The van der Waals surface area contributed by atoms with Gasteiger partial charge in [0, 0.05) is 26.6 Å². The Morgan fingerprint density at radius 1 is 1.14 bits per heavy atom. The van der Waals surface area contributed by atoms with E-state index < -0.39 is 0 Å². The van der Waals surface area contributed by atoms with Crippen LogP contribution in [0.25, 0.3) is 0 Å². The molecule has 1 fully saturated rings. The number of hydrogen-bond acceptors (Lipinski definition) is 3. The number of hydrogen-bond donors (Lipinski definition) is 1. The molecule has 1 rings (SSSR count). The molecule has 0 aromatic carbocycles. The summed E-state index contributed by atoms with van der Waals surface area (Å²) >= 11 is 0. The smallest absolute Gasteiger partial charge is 0.0731 e. The first-order chi connectivity index (χ1) is 6.01. The fraction of sp³-hybridized carbons (Fsp3) is 1.00. The second kappa shape index (κ2) is 5.91. The van der Waals surface area contributed by atoms with Crippen molar-refractivity contribution in [1.29, 1.82) is 0 Å². The molecule has 0 aliphatic carbocycles. The first kappa shape index (κ1) is 14.2. The Labute approximate surface area is 92.9 Å². The van der Waals surface area contributed by atoms with Crippen molar-refractivity contribution in [3.05, 3.63) is 0 Å². The van der Waals surface area contributed by atoms with Gasteiger partial charge in [0.25, 0.3) is 0 Å². The predicted molar refractivity (Wildman–Crippen MR) is 60.2 cm³/mol. The SMILES string of the molecule is CO[C@H]1CNC[C@H](OC(C)(C)C)C1.Cl. The minimum absolute atomic E-state index is 0. The van der Waals surface area contributed by atoms with Crippen molar-refractivity contribution in [1.82, 2.24) is 5.32 Å². The zero-order valence-corrected chi connectivity index (χ0v) is 10.3.